The van der Waals surface area contributed by atoms with Gasteiger partial charge in [-0.2, -0.15) is 0 Å². The van der Waals surface area contributed by atoms with E-state index in [4.69, 9.17) is 4.74 Å². The summed E-state index contributed by atoms with van der Waals surface area (Å²) in [6.45, 7) is 4.90. The Labute approximate surface area is 115 Å². The predicted octanol–water partition coefficient (Wildman–Crippen LogP) is 3.10. The SMILES string of the molecule is CCN(CC)C(=O)Oc1ccccc1C(=O)CBr. The molecule has 0 atom stereocenters. The fraction of sp³-hybridized carbons (Fsp3) is 0.385. The molecule has 0 N–H and O–H groups in total. The summed E-state index contributed by atoms with van der Waals surface area (Å²) >= 11 is 3.11. The summed E-state index contributed by atoms with van der Waals surface area (Å²) in [5, 5.41) is 0.201. The molecule has 4 nitrogen and oxygen atoms in total. The fourth-order valence-corrected chi connectivity index (χ4v) is 1.80. The molecule has 0 radical (unpaired) electrons. The van der Waals surface area contributed by atoms with Gasteiger partial charge in [0, 0.05) is 13.1 Å². The number of hydrogen-bond acceptors (Lipinski definition) is 3. The third-order valence-electron chi connectivity index (χ3n) is 2.53. The number of ether oxygens (including phenoxy) is 1. The normalized spacial score (nSPS) is 9.94. The lowest BCUT2D eigenvalue weighted by Gasteiger charge is -2.18. The van der Waals surface area contributed by atoms with Crippen molar-refractivity contribution in [1.82, 2.24) is 4.90 Å². The van der Waals surface area contributed by atoms with Crippen LogP contribution in [-0.2, 0) is 0 Å². The Hall–Kier alpha value is -1.36. The second kappa shape index (κ2) is 7.16. The molecule has 0 unspecified atom stereocenters. The highest BCUT2D eigenvalue weighted by atomic mass is 79.9. The van der Waals surface area contributed by atoms with E-state index in [-0.39, 0.29) is 11.1 Å². The van der Waals surface area contributed by atoms with Gasteiger partial charge < -0.3 is 9.64 Å². The van der Waals surface area contributed by atoms with Gasteiger partial charge in [0.25, 0.3) is 0 Å². The maximum absolute atomic E-state index is 11.8. The van der Waals surface area contributed by atoms with Crippen molar-refractivity contribution < 1.29 is 14.3 Å². The maximum atomic E-state index is 11.8. The number of para-hydroxylation sites is 1. The van der Waals surface area contributed by atoms with Crippen LogP contribution in [0.5, 0.6) is 5.75 Å². The van der Waals surface area contributed by atoms with E-state index in [0.29, 0.717) is 24.4 Å². The highest BCUT2D eigenvalue weighted by Gasteiger charge is 2.16. The molecule has 1 rings (SSSR count). The van der Waals surface area contributed by atoms with Crippen LogP contribution in [0.15, 0.2) is 24.3 Å². The Morgan fingerprint density at radius 3 is 2.39 bits per heavy atom. The molecule has 0 saturated carbocycles. The van der Waals surface area contributed by atoms with Crippen LogP contribution in [0, 0.1) is 0 Å². The van der Waals surface area contributed by atoms with E-state index in [0.717, 1.165) is 0 Å². The minimum Gasteiger partial charge on any atom is -0.409 e. The molecular weight excluding hydrogens is 298 g/mol. The van der Waals surface area contributed by atoms with Gasteiger partial charge in [-0.05, 0) is 26.0 Å². The molecule has 0 aliphatic carbocycles. The van der Waals surface area contributed by atoms with Gasteiger partial charge in [0.1, 0.15) is 5.75 Å². The van der Waals surface area contributed by atoms with Crippen molar-refractivity contribution in [2.75, 3.05) is 18.4 Å². The first-order valence-electron chi connectivity index (χ1n) is 5.78. The maximum Gasteiger partial charge on any atom is 0.415 e. The van der Waals surface area contributed by atoms with Crippen molar-refractivity contribution in [3.05, 3.63) is 29.8 Å². The molecule has 0 aliphatic rings. The Morgan fingerprint density at radius 1 is 1.22 bits per heavy atom. The average Bonchev–Trinajstić information content (AvgIpc) is 2.40. The third-order valence-corrected chi connectivity index (χ3v) is 3.04. The number of rotatable bonds is 5. The zero-order valence-electron chi connectivity index (χ0n) is 10.5. The first-order valence-corrected chi connectivity index (χ1v) is 6.91. The molecule has 1 aromatic rings. The van der Waals surface area contributed by atoms with Crippen LogP contribution in [0.4, 0.5) is 4.79 Å². The Balaban J connectivity index is 2.90. The van der Waals surface area contributed by atoms with Crippen molar-refractivity contribution in [3.63, 3.8) is 0 Å². The number of alkyl halides is 1. The van der Waals surface area contributed by atoms with E-state index in [1.54, 1.807) is 29.2 Å². The standard InChI is InChI=1S/C13H16BrNO3/c1-3-15(4-2)13(17)18-12-8-6-5-7-10(12)11(16)9-14/h5-8H,3-4,9H2,1-2H3. The van der Waals surface area contributed by atoms with Gasteiger partial charge in [0.05, 0.1) is 10.9 Å². The summed E-state index contributed by atoms with van der Waals surface area (Å²) in [5.74, 6) is 0.191. The van der Waals surface area contributed by atoms with Crippen LogP contribution < -0.4 is 4.74 Å². The molecule has 98 valence electrons. The smallest absolute Gasteiger partial charge is 0.409 e. The van der Waals surface area contributed by atoms with Crippen molar-refractivity contribution in [2.24, 2.45) is 0 Å². The Bertz CT molecular complexity index is 430. The van der Waals surface area contributed by atoms with E-state index < -0.39 is 6.09 Å². The molecule has 0 fully saturated rings. The van der Waals surface area contributed by atoms with E-state index >= 15 is 0 Å². The molecule has 0 aromatic heterocycles. The molecule has 0 aliphatic heterocycles. The summed E-state index contributed by atoms with van der Waals surface area (Å²) in [6, 6.07) is 6.74. The van der Waals surface area contributed by atoms with Crippen LogP contribution >= 0.6 is 15.9 Å². The van der Waals surface area contributed by atoms with E-state index in [2.05, 4.69) is 15.9 Å². The second-order valence-electron chi connectivity index (χ2n) is 3.59. The summed E-state index contributed by atoms with van der Waals surface area (Å²) in [5.41, 5.74) is 0.412. The lowest BCUT2D eigenvalue weighted by molar-refractivity contribution is 0.102. The van der Waals surface area contributed by atoms with Gasteiger partial charge in [-0.1, -0.05) is 28.1 Å². The Morgan fingerprint density at radius 2 is 1.83 bits per heavy atom. The van der Waals surface area contributed by atoms with Crippen molar-refractivity contribution in [1.29, 1.82) is 0 Å². The molecule has 0 heterocycles. The fourth-order valence-electron chi connectivity index (χ4n) is 1.50. The van der Waals surface area contributed by atoms with E-state index in [9.17, 15) is 9.59 Å². The van der Waals surface area contributed by atoms with Gasteiger partial charge in [-0.25, -0.2) is 4.79 Å². The number of amides is 1. The quantitative estimate of drug-likeness (QED) is 0.620. The first kappa shape index (κ1) is 14.7. The predicted molar refractivity (Wildman–Crippen MR) is 73.5 cm³/mol. The summed E-state index contributed by atoms with van der Waals surface area (Å²) in [6.07, 6.45) is -0.435. The van der Waals surface area contributed by atoms with Crippen molar-refractivity contribution in [3.8, 4) is 5.75 Å². The third kappa shape index (κ3) is 3.57. The molecule has 18 heavy (non-hydrogen) atoms. The van der Waals surface area contributed by atoms with Crippen molar-refractivity contribution in [2.45, 2.75) is 13.8 Å². The number of nitrogens with zero attached hydrogens (tertiary/aromatic N) is 1. The number of ketones is 1. The molecule has 0 spiro atoms. The molecule has 1 aromatic carbocycles. The van der Waals surface area contributed by atoms with Crippen LogP contribution in [0.2, 0.25) is 0 Å². The van der Waals surface area contributed by atoms with Crippen LogP contribution in [-0.4, -0.2) is 35.2 Å². The number of carbonyl (C=O) groups is 2. The van der Waals surface area contributed by atoms with E-state index in [1.807, 2.05) is 13.8 Å². The molecule has 0 bridgehead atoms. The minimum absolute atomic E-state index is 0.113. The molecule has 0 saturated heterocycles. The van der Waals surface area contributed by atoms with Crippen molar-refractivity contribution >= 4 is 27.8 Å². The van der Waals surface area contributed by atoms with Gasteiger partial charge in [-0.3, -0.25) is 4.79 Å². The first-order chi connectivity index (χ1) is 8.63. The zero-order valence-corrected chi connectivity index (χ0v) is 12.1. The largest absolute Gasteiger partial charge is 0.415 e. The zero-order chi connectivity index (χ0) is 13.5. The lowest BCUT2D eigenvalue weighted by atomic mass is 10.1. The number of carbonyl (C=O) groups excluding carboxylic acids is 2. The van der Waals surface area contributed by atoms with Crippen LogP contribution in [0.1, 0.15) is 24.2 Å². The van der Waals surface area contributed by atoms with Gasteiger partial charge in [-0.15, -0.1) is 0 Å². The monoisotopic (exact) mass is 313 g/mol. The number of Topliss-reactive ketones (excluding diaryl/α,β-unsaturated/α-hetero) is 1. The number of halogens is 1. The molecular formula is C13H16BrNO3. The molecule has 5 heteroatoms. The summed E-state index contributed by atoms with van der Waals surface area (Å²) < 4.78 is 5.26. The minimum atomic E-state index is -0.435. The lowest BCUT2D eigenvalue weighted by Crippen LogP contribution is -2.33. The number of benzene rings is 1. The van der Waals surface area contributed by atoms with Gasteiger partial charge >= 0.3 is 6.09 Å². The van der Waals surface area contributed by atoms with Crippen LogP contribution in [0.25, 0.3) is 0 Å². The summed E-state index contributed by atoms with van der Waals surface area (Å²) in [7, 11) is 0. The second-order valence-corrected chi connectivity index (χ2v) is 4.15. The Kier molecular flexibility index (Phi) is 5.85. The van der Waals surface area contributed by atoms with E-state index in [1.165, 1.54) is 0 Å². The topological polar surface area (TPSA) is 46.6 Å². The van der Waals surface area contributed by atoms with Gasteiger partial charge in [0.15, 0.2) is 5.78 Å². The highest BCUT2D eigenvalue weighted by Crippen LogP contribution is 2.20. The van der Waals surface area contributed by atoms with Crippen LogP contribution in [0.3, 0.4) is 0 Å². The number of hydrogen-bond donors (Lipinski definition) is 0. The molecule has 1 amide bonds. The summed E-state index contributed by atoms with van der Waals surface area (Å²) in [4.78, 5) is 25.0. The average molecular weight is 314 g/mol. The highest BCUT2D eigenvalue weighted by molar-refractivity contribution is 9.09. The van der Waals surface area contributed by atoms with Gasteiger partial charge in [0.2, 0.25) is 0 Å².